The average Bonchev–Trinajstić information content (AvgIpc) is 2.85. The quantitative estimate of drug-likeness (QED) is 0.883. The Bertz CT molecular complexity index is 593. The normalized spacial score (nSPS) is 10.1. The molecule has 3 N–H and O–H groups in total. The first kappa shape index (κ1) is 12.3. The molecule has 1 heterocycles. The van der Waals surface area contributed by atoms with Crippen molar-refractivity contribution in [3.8, 4) is 0 Å². The van der Waals surface area contributed by atoms with Crippen molar-refractivity contribution in [3.63, 3.8) is 0 Å². The van der Waals surface area contributed by atoms with Crippen molar-refractivity contribution in [2.45, 2.75) is 6.92 Å². The smallest absolute Gasteiger partial charge is 0.275 e. The average molecular weight is 261 g/mol. The summed E-state index contributed by atoms with van der Waals surface area (Å²) in [5, 5.41) is 4.36. The number of benzene rings is 1. The van der Waals surface area contributed by atoms with Crippen LogP contribution in [0.4, 0.5) is 5.69 Å². The maximum absolute atomic E-state index is 11.8. The Morgan fingerprint density at radius 1 is 1.39 bits per heavy atom. The summed E-state index contributed by atoms with van der Waals surface area (Å²) in [6.45, 7) is 1.73. The first-order chi connectivity index (χ1) is 8.59. The molecule has 0 aliphatic heterocycles. The van der Waals surface area contributed by atoms with Crippen molar-refractivity contribution < 1.29 is 9.59 Å². The Hall–Kier alpha value is -2.21. The van der Waals surface area contributed by atoms with E-state index in [1.54, 1.807) is 36.0 Å². The number of nitrogens with one attached hydrogen (secondary N) is 1. The van der Waals surface area contributed by atoms with Gasteiger partial charge < -0.3 is 11.1 Å². The summed E-state index contributed by atoms with van der Waals surface area (Å²) in [6, 6.07) is 5.01. The van der Waals surface area contributed by atoms with Crippen LogP contribution in [0.5, 0.6) is 0 Å². The molecule has 5 nitrogen and oxygen atoms in total. The maximum Gasteiger partial charge on any atom is 0.275 e. The lowest BCUT2D eigenvalue weighted by Gasteiger charge is -2.09. The number of hydrogen-bond donors (Lipinski definition) is 2. The van der Waals surface area contributed by atoms with Crippen molar-refractivity contribution in [1.82, 2.24) is 4.98 Å². The van der Waals surface area contributed by atoms with Crippen LogP contribution < -0.4 is 11.1 Å². The van der Waals surface area contributed by atoms with Crippen molar-refractivity contribution in [2.24, 2.45) is 5.73 Å². The van der Waals surface area contributed by atoms with E-state index in [1.807, 2.05) is 0 Å². The molecule has 0 saturated carbocycles. The summed E-state index contributed by atoms with van der Waals surface area (Å²) in [6.07, 6.45) is 0. The van der Waals surface area contributed by atoms with Crippen molar-refractivity contribution in [1.29, 1.82) is 0 Å². The largest absolute Gasteiger partial charge is 0.366 e. The number of nitrogens with two attached hydrogens (primary N) is 1. The minimum Gasteiger partial charge on any atom is -0.366 e. The van der Waals surface area contributed by atoms with Crippen LogP contribution in [0.2, 0.25) is 0 Å². The zero-order valence-electron chi connectivity index (χ0n) is 9.64. The number of carbonyl (C=O) groups excluding carboxylic acids is 2. The molecule has 0 atom stereocenters. The second-order valence-corrected chi connectivity index (χ2v) is 4.39. The number of carbonyl (C=O) groups is 2. The van der Waals surface area contributed by atoms with Crippen LogP contribution in [-0.2, 0) is 0 Å². The number of primary amides is 1. The fraction of sp³-hybridized carbons (Fsp3) is 0.0833. The molecular weight excluding hydrogens is 250 g/mol. The Morgan fingerprint density at radius 3 is 2.78 bits per heavy atom. The molecule has 0 spiro atoms. The first-order valence-corrected chi connectivity index (χ1v) is 6.13. The molecule has 1 aromatic heterocycles. The molecule has 1 aromatic carbocycles. The second kappa shape index (κ2) is 4.97. The Kier molecular flexibility index (Phi) is 3.38. The number of hydrogen-bond acceptors (Lipinski definition) is 4. The van der Waals surface area contributed by atoms with E-state index in [1.165, 1.54) is 11.3 Å². The number of amides is 2. The molecule has 2 amide bonds. The van der Waals surface area contributed by atoms with Gasteiger partial charge in [0.1, 0.15) is 5.69 Å². The number of anilines is 1. The second-order valence-electron chi connectivity index (χ2n) is 3.67. The Morgan fingerprint density at radius 2 is 2.17 bits per heavy atom. The highest BCUT2D eigenvalue weighted by Crippen LogP contribution is 2.19. The third-order valence-electron chi connectivity index (χ3n) is 2.51. The molecule has 0 radical (unpaired) electrons. The monoisotopic (exact) mass is 261 g/mol. The van der Waals surface area contributed by atoms with E-state index < -0.39 is 5.91 Å². The van der Waals surface area contributed by atoms with Gasteiger partial charge >= 0.3 is 0 Å². The molecule has 0 saturated heterocycles. The summed E-state index contributed by atoms with van der Waals surface area (Å²) >= 11 is 1.34. The van der Waals surface area contributed by atoms with Gasteiger partial charge in [-0.05, 0) is 24.6 Å². The lowest BCUT2D eigenvalue weighted by Crippen LogP contribution is -2.16. The summed E-state index contributed by atoms with van der Waals surface area (Å²) in [7, 11) is 0. The zero-order valence-corrected chi connectivity index (χ0v) is 10.5. The number of nitrogens with zero attached hydrogens (tertiary/aromatic N) is 1. The van der Waals surface area contributed by atoms with Crippen LogP contribution in [0.15, 0.2) is 29.1 Å². The van der Waals surface area contributed by atoms with Crippen LogP contribution in [0.3, 0.4) is 0 Å². The Labute approximate surface area is 108 Å². The van der Waals surface area contributed by atoms with E-state index in [2.05, 4.69) is 10.3 Å². The molecule has 2 rings (SSSR count). The molecule has 0 unspecified atom stereocenters. The standard InChI is InChI=1S/C12H11N3O2S/c1-7-8(11(13)16)3-2-4-9(7)15-12(17)10-5-18-6-14-10/h2-6H,1H3,(H2,13,16)(H,15,17). The fourth-order valence-electron chi connectivity index (χ4n) is 1.55. The van der Waals surface area contributed by atoms with Gasteiger partial charge in [0, 0.05) is 16.6 Å². The summed E-state index contributed by atoms with van der Waals surface area (Å²) in [5.74, 6) is -0.821. The van der Waals surface area contributed by atoms with Crippen LogP contribution in [0.1, 0.15) is 26.4 Å². The van der Waals surface area contributed by atoms with E-state index in [4.69, 9.17) is 5.73 Å². The van der Waals surface area contributed by atoms with Gasteiger partial charge in [0.2, 0.25) is 5.91 Å². The minimum absolute atomic E-state index is 0.305. The van der Waals surface area contributed by atoms with E-state index >= 15 is 0 Å². The lowest BCUT2D eigenvalue weighted by atomic mass is 10.1. The zero-order chi connectivity index (χ0) is 13.1. The van der Waals surface area contributed by atoms with Gasteiger partial charge in [0.05, 0.1) is 5.51 Å². The lowest BCUT2D eigenvalue weighted by molar-refractivity contribution is 0.0995. The molecular formula is C12H11N3O2S. The highest BCUT2D eigenvalue weighted by molar-refractivity contribution is 7.07. The predicted molar refractivity (Wildman–Crippen MR) is 69.8 cm³/mol. The molecule has 0 bridgehead atoms. The molecule has 0 fully saturated rings. The highest BCUT2D eigenvalue weighted by atomic mass is 32.1. The third kappa shape index (κ3) is 2.38. The van der Waals surface area contributed by atoms with Gasteiger partial charge in [-0.25, -0.2) is 4.98 Å². The van der Waals surface area contributed by atoms with Gasteiger partial charge in [0.15, 0.2) is 0 Å². The van der Waals surface area contributed by atoms with Gasteiger partial charge in [0.25, 0.3) is 5.91 Å². The molecule has 92 valence electrons. The topological polar surface area (TPSA) is 85.1 Å². The Balaban J connectivity index is 2.27. The van der Waals surface area contributed by atoms with Gasteiger partial charge in [-0.15, -0.1) is 11.3 Å². The van der Waals surface area contributed by atoms with Crippen LogP contribution in [0, 0.1) is 6.92 Å². The summed E-state index contributed by atoms with van der Waals surface area (Å²) in [5.41, 5.74) is 8.78. The molecule has 6 heteroatoms. The predicted octanol–water partition coefficient (Wildman–Crippen LogP) is 1.80. The highest BCUT2D eigenvalue weighted by Gasteiger charge is 2.12. The first-order valence-electron chi connectivity index (χ1n) is 5.18. The van der Waals surface area contributed by atoms with Crippen molar-refractivity contribution in [2.75, 3.05) is 5.32 Å². The van der Waals surface area contributed by atoms with Crippen LogP contribution in [0.25, 0.3) is 0 Å². The minimum atomic E-state index is -0.516. The van der Waals surface area contributed by atoms with Crippen molar-refractivity contribution in [3.05, 3.63) is 45.9 Å². The number of thiazole rings is 1. The summed E-state index contributed by atoms with van der Waals surface area (Å²) < 4.78 is 0. The number of rotatable bonds is 3. The number of aromatic nitrogens is 1. The fourth-order valence-corrected chi connectivity index (χ4v) is 2.08. The van der Waals surface area contributed by atoms with Gasteiger partial charge in [-0.3, -0.25) is 9.59 Å². The molecule has 0 aliphatic rings. The third-order valence-corrected chi connectivity index (χ3v) is 3.10. The molecule has 2 aromatic rings. The SMILES string of the molecule is Cc1c(NC(=O)c2cscn2)cccc1C(N)=O. The van der Waals surface area contributed by atoms with E-state index in [0.717, 1.165) is 0 Å². The summed E-state index contributed by atoms with van der Waals surface area (Å²) in [4.78, 5) is 26.9. The molecule has 0 aliphatic carbocycles. The van der Waals surface area contributed by atoms with Crippen LogP contribution >= 0.6 is 11.3 Å². The van der Waals surface area contributed by atoms with E-state index in [9.17, 15) is 9.59 Å². The van der Waals surface area contributed by atoms with Crippen molar-refractivity contribution >= 4 is 28.8 Å². The van der Waals surface area contributed by atoms with Gasteiger partial charge in [-0.1, -0.05) is 6.07 Å². The maximum atomic E-state index is 11.8. The van der Waals surface area contributed by atoms with Crippen LogP contribution in [-0.4, -0.2) is 16.8 Å². The van der Waals surface area contributed by atoms with E-state index in [0.29, 0.717) is 22.5 Å². The van der Waals surface area contributed by atoms with E-state index in [-0.39, 0.29) is 5.91 Å². The van der Waals surface area contributed by atoms with Gasteiger partial charge in [-0.2, -0.15) is 0 Å². The molecule has 18 heavy (non-hydrogen) atoms.